The van der Waals surface area contributed by atoms with E-state index in [1.165, 1.54) is 0 Å². The summed E-state index contributed by atoms with van der Waals surface area (Å²) < 4.78 is 10.6. The Bertz CT molecular complexity index is 445. The van der Waals surface area contributed by atoms with E-state index in [1.54, 1.807) is 0 Å². The van der Waals surface area contributed by atoms with Crippen molar-refractivity contribution < 1.29 is 14.3 Å². The van der Waals surface area contributed by atoms with E-state index in [4.69, 9.17) is 15.2 Å². The number of anilines is 1. The third kappa shape index (κ3) is 4.97. The van der Waals surface area contributed by atoms with Crippen LogP contribution in [-0.4, -0.2) is 31.3 Å². The van der Waals surface area contributed by atoms with Gasteiger partial charge in [0.1, 0.15) is 5.54 Å². The van der Waals surface area contributed by atoms with E-state index in [-0.39, 0.29) is 18.3 Å². The summed E-state index contributed by atoms with van der Waals surface area (Å²) in [5.74, 6) is -0.140. The number of carbonyl (C=O) groups excluding carboxylic acids is 1. The quantitative estimate of drug-likeness (QED) is 0.873. The van der Waals surface area contributed by atoms with E-state index in [0.29, 0.717) is 39.3 Å². The number of hydrogen-bond donors (Lipinski definition) is 2. The predicted molar refractivity (Wildman–Crippen MR) is 84.6 cm³/mol. The Balaban J connectivity index is 0.00000220. The molecule has 118 valence electrons. The van der Waals surface area contributed by atoms with E-state index in [0.717, 1.165) is 11.3 Å². The van der Waals surface area contributed by atoms with Crippen molar-refractivity contribution in [2.45, 2.75) is 31.9 Å². The minimum atomic E-state index is -0.817. The van der Waals surface area contributed by atoms with Crippen molar-refractivity contribution in [2.75, 3.05) is 25.1 Å². The first-order valence-electron chi connectivity index (χ1n) is 6.99. The summed E-state index contributed by atoms with van der Waals surface area (Å²) in [5.41, 5.74) is 7.15. The van der Waals surface area contributed by atoms with E-state index in [9.17, 15) is 4.79 Å². The molecule has 0 saturated carbocycles. The fraction of sp³-hybridized carbons (Fsp3) is 0.533. The molecule has 0 atom stereocenters. The summed E-state index contributed by atoms with van der Waals surface area (Å²) in [7, 11) is 0. The molecule has 3 N–H and O–H groups in total. The van der Waals surface area contributed by atoms with Crippen LogP contribution in [0.25, 0.3) is 0 Å². The van der Waals surface area contributed by atoms with Gasteiger partial charge < -0.3 is 20.5 Å². The Morgan fingerprint density at radius 1 is 1.33 bits per heavy atom. The smallest absolute Gasteiger partial charge is 0.244 e. The molecule has 1 amide bonds. The lowest BCUT2D eigenvalue weighted by Crippen LogP contribution is -2.54. The van der Waals surface area contributed by atoms with E-state index >= 15 is 0 Å². The third-order valence-electron chi connectivity index (χ3n) is 3.52. The molecule has 0 bridgehead atoms. The maximum atomic E-state index is 12.2. The van der Waals surface area contributed by atoms with Crippen LogP contribution in [0.2, 0.25) is 0 Å². The Hall–Kier alpha value is -1.14. The summed E-state index contributed by atoms with van der Waals surface area (Å²) in [4.78, 5) is 12.2. The predicted octanol–water partition coefficient (Wildman–Crippen LogP) is 2.09. The summed E-state index contributed by atoms with van der Waals surface area (Å²) in [6.45, 7) is 4.32. The van der Waals surface area contributed by atoms with Gasteiger partial charge in [0.2, 0.25) is 5.91 Å². The normalized spacial score (nSPS) is 16.9. The second-order valence-corrected chi connectivity index (χ2v) is 5.06. The summed E-state index contributed by atoms with van der Waals surface area (Å²) in [5, 5.41) is 2.88. The first kappa shape index (κ1) is 17.9. The van der Waals surface area contributed by atoms with E-state index in [1.807, 2.05) is 31.2 Å². The molecular weight excluding hydrogens is 292 g/mol. The Kier molecular flexibility index (Phi) is 7.11. The zero-order valence-corrected chi connectivity index (χ0v) is 13.1. The molecule has 1 fully saturated rings. The van der Waals surface area contributed by atoms with Crippen LogP contribution < -0.4 is 11.1 Å². The molecule has 0 aliphatic carbocycles. The topological polar surface area (TPSA) is 73.6 Å². The van der Waals surface area contributed by atoms with Gasteiger partial charge in [-0.05, 0) is 37.5 Å². The standard InChI is InChI=1S/C15H22N2O3.ClH/c1-2-19-11-12-3-5-13(6-4-12)17-14(18)15(16)7-9-20-10-8-15;/h3-6H,2,7-11,16H2,1H3,(H,17,18);1H. The van der Waals surface area contributed by atoms with Crippen LogP contribution in [0.1, 0.15) is 25.3 Å². The number of carbonyl (C=O) groups is 1. The minimum absolute atomic E-state index is 0. The van der Waals surface area contributed by atoms with Crippen molar-refractivity contribution in [1.82, 2.24) is 0 Å². The van der Waals surface area contributed by atoms with Gasteiger partial charge in [0.15, 0.2) is 0 Å². The van der Waals surface area contributed by atoms with Crippen molar-refractivity contribution in [2.24, 2.45) is 5.73 Å². The summed E-state index contributed by atoms with van der Waals surface area (Å²) >= 11 is 0. The van der Waals surface area contributed by atoms with Crippen LogP contribution in [0, 0.1) is 0 Å². The average Bonchev–Trinajstić information content (AvgIpc) is 2.47. The molecule has 21 heavy (non-hydrogen) atoms. The lowest BCUT2D eigenvalue weighted by molar-refractivity contribution is -0.124. The molecule has 1 aliphatic heterocycles. The molecule has 5 nitrogen and oxygen atoms in total. The van der Waals surface area contributed by atoms with Gasteiger partial charge in [0.25, 0.3) is 0 Å². The molecule has 2 rings (SSSR count). The number of halogens is 1. The number of rotatable bonds is 5. The fourth-order valence-corrected chi connectivity index (χ4v) is 2.12. The van der Waals surface area contributed by atoms with Crippen molar-refractivity contribution >= 4 is 24.0 Å². The first-order chi connectivity index (χ1) is 9.64. The molecule has 0 spiro atoms. The highest BCUT2D eigenvalue weighted by molar-refractivity contribution is 5.98. The van der Waals surface area contributed by atoms with Crippen LogP contribution in [0.4, 0.5) is 5.69 Å². The number of amides is 1. The molecular formula is C15H23ClN2O3. The molecule has 1 saturated heterocycles. The van der Waals surface area contributed by atoms with Gasteiger partial charge >= 0.3 is 0 Å². The number of nitrogens with two attached hydrogens (primary N) is 1. The highest BCUT2D eigenvalue weighted by Gasteiger charge is 2.35. The molecule has 1 aliphatic rings. The monoisotopic (exact) mass is 314 g/mol. The van der Waals surface area contributed by atoms with Crippen LogP contribution in [-0.2, 0) is 20.9 Å². The zero-order chi connectivity index (χ0) is 14.4. The van der Waals surface area contributed by atoms with E-state index < -0.39 is 5.54 Å². The number of benzene rings is 1. The minimum Gasteiger partial charge on any atom is -0.381 e. The SMILES string of the molecule is CCOCc1ccc(NC(=O)C2(N)CCOCC2)cc1.Cl. The molecule has 0 unspecified atom stereocenters. The first-order valence-corrected chi connectivity index (χ1v) is 6.99. The van der Waals surface area contributed by atoms with Crippen LogP contribution in [0.15, 0.2) is 24.3 Å². The number of ether oxygens (including phenoxy) is 2. The summed E-state index contributed by atoms with van der Waals surface area (Å²) in [6, 6.07) is 7.63. The van der Waals surface area contributed by atoms with Crippen molar-refractivity contribution in [3.63, 3.8) is 0 Å². The zero-order valence-electron chi connectivity index (χ0n) is 12.3. The van der Waals surface area contributed by atoms with Gasteiger partial charge in [-0.25, -0.2) is 0 Å². The van der Waals surface area contributed by atoms with Gasteiger partial charge in [-0.1, -0.05) is 12.1 Å². The highest BCUT2D eigenvalue weighted by atomic mass is 35.5. The number of nitrogens with one attached hydrogen (secondary N) is 1. The van der Waals surface area contributed by atoms with Crippen molar-refractivity contribution in [3.8, 4) is 0 Å². The highest BCUT2D eigenvalue weighted by Crippen LogP contribution is 2.20. The number of hydrogen-bond acceptors (Lipinski definition) is 4. The molecule has 0 aromatic heterocycles. The Morgan fingerprint density at radius 2 is 1.95 bits per heavy atom. The van der Waals surface area contributed by atoms with Gasteiger partial charge in [-0.3, -0.25) is 4.79 Å². The second-order valence-electron chi connectivity index (χ2n) is 5.06. The molecule has 1 heterocycles. The average molecular weight is 315 g/mol. The maximum absolute atomic E-state index is 12.2. The fourth-order valence-electron chi connectivity index (χ4n) is 2.12. The molecule has 1 aromatic rings. The largest absolute Gasteiger partial charge is 0.381 e. The van der Waals surface area contributed by atoms with Crippen molar-refractivity contribution in [3.05, 3.63) is 29.8 Å². The van der Waals surface area contributed by atoms with Crippen LogP contribution >= 0.6 is 12.4 Å². The van der Waals surface area contributed by atoms with Crippen LogP contribution in [0.3, 0.4) is 0 Å². The second kappa shape index (κ2) is 8.34. The molecule has 0 radical (unpaired) electrons. The Morgan fingerprint density at radius 3 is 2.52 bits per heavy atom. The Labute approximate surface area is 131 Å². The lowest BCUT2D eigenvalue weighted by Gasteiger charge is -2.31. The molecule has 6 heteroatoms. The summed E-state index contributed by atoms with van der Waals surface area (Å²) in [6.07, 6.45) is 1.11. The maximum Gasteiger partial charge on any atom is 0.244 e. The van der Waals surface area contributed by atoms with Crippen LogP contribution in [0.5, 0.6) is 0 Å². The third-order valence-corrected chi connectivity index (χ3v) is 3.52. The van der Waals surface area contributed by atoms with Gasteiger partial charge in [0, 0.05) is 25.5 Å². The van der Waals surface area contributed by atoms with Gasteiger partial charge in [-0.15, -0.1) is 12.4 Å². The lowest BCUT2D eigenvalue weighted by atomic mass is 9.90. The molecule has 1 aromatic carbocycles. The van der Waals surface area contributed by atoms with Gasteiger partial charge in [-0.2, -0.15) is 0 Å². The van der Waals surface area contributed by atoms with E-state index in [2.05, 4.69) is 5.32 Å². The van der Waals surface area contributed by atoms with Crippen molar-refractivity contribution in [1.29, 1.82) is 0 Å². The van der Waals surface area contributed by atoms with Gasteiger partial charge in [0.05, 0.1) is 6.61 Å².